The van der Waals surface area contributed by atoms with E-state index in [1.54, 1.807) is 7.11 Å². The van der Waals surface area contributed by atoms with Crippen LogP contribution in [0.15, 0.2) is 16.6 Å². The van der Waals surface area contributed by atoms with Gasteiger partial charge in [-0.05, 0) is 60.3 Å². The molecule has 1 unspecified atom stereocenters. The van der Waals surface area contributed by atoms with Crippen molar-refractivity contribution in [3.63, 3.8) is 0 Å². The van der Waals surface area contributed by atoms with Crippen molar-refractivity contribution in [3.05, 3.63) is 27.7 Å². The SMILES string of the molecule is COCCCNC(=O)C(C)Nc1c(C)cc(C)cc1Br. The van der Waals surface area contributed by atoms with E-state index < -0.39 is 0 Å². The minimum atomic E-state index is -0.282. The fourth-order valence-electron chi connectivity index (χ4n) is 1.96. The van der Waals surface area contributed by atoms with Crippen LogP contribution < -0.4 is 10.6 Å². The van der Waals surface area contributed by atoms with E-state index in [0.29, 0.717) is 13.2 Å². The molecule has 0 radical (unpaired) electrons. The van der Waals surface area contributed by atoms with Gasteiger partial charge in [0.2, 0.25) is 5.91 Å². The molecule has 112 valence electrons. The molecule has 1 aromatic carbocycles. The second-order valence-corrected chi connectivity index (χ2v) is 5.80. The predicted octanol–water partition coefficient (Wildman–Crippen LogP) is 3.02. The minimum absolute atomic E-state index is 0.00650. The first-order valence-electron chi connectivity index (χ1n) is 6.75. The van der Waals surface area contributed by atoms with Crippen molar-refractivity contribution in [2.45, 2.75) is 33.2 Å². The third-order valence-corrected chi connectivity index (χ3v) is 3.64. The Morgan fingerprint density at radius 2 is 2.10 bits per heavy atom. The summed E-state index contributed by atoms with van der Waals surface area (Å²) in [4.78, 5) is 12.0. The summed E-state index contributed by atoms with van der Waals surface area (Å²) >= 11 is 3.54. The number of nitrogens with one attached hydrogen (secondary N) is 2. The molecule has 1 amide bonds. The summed E-state index contributed by atoms with van der Waals surface area (Å²) in [7, 11) is 1.66. The average molecular weight is 343 g/mol. The van der Waals surface area contributed by atoms with Gasteiger partial charge in [-0.15, -0.1) is 0 Å². The van der Waals surface area contributed by atoms with Crippen LogP contribution in [0.1, 0.15) is 24.5 Å². The summed E-state index contributed by atoms with van der Waals surface area (Å²) in [5.41, 5.74) is 3.28. The summed E-state index contributed by atoms with van der Waals surface area (Å²) in [6.45, 7) is 7.23. The smallest absolute Gasteiger partial charge is 0.242 e. The average Bonchev–Trinajstić information content (AvgIpc) is 2.38. The van der Waals surface area contributed by atoms with Crippen molar-refractivity contribution >= 4 is 27.5 Å². The van der Waals surface area contributed by atoms with Crippen LogP contribution in [0.3, 0.4) is 0 Å². The Labute approximate surface area is 129 Å². The van der Waals surface area contributed by atoms with Gasteiger partial charge in [0, 0.05) is 24.7 Å². The molecule has 0 spiro atoms. The maximum absolute atomic E-state index is 12.0. The largest absolute Gasteiger partial charge is 0.385 e. The number of aryl methyl sites for hydroxylation is 2. The van der Waals surface area contributed by atoms with Crippen LogP contribution in [0.5, 0.6) is 0 Å². The van der Waals surface area contributed by atoms with E-state index in [9.17, 15) is 4.79 Å². The minimum Gasteiger partial charge on any atom is -0.385 e. The van der Waals surface area contributed by atoms with Gasteiger partial charge in [0.25, 0.3) is 0 Å². The Morgan fingerprint density at radius 3 is 2.70 bits per heavy atom. The molecule has 1 rings (SSSR count). The number of amides is 1. The zero-order chi connectivity index (χ0) is 15.1. The molecule has 4 nitrogen and oxygen atoms in total. The van der Waals surface area contributed by atoms with Crippen molar-refractivity contribution in [2.24, 2.45) is 0 Å². The second kappa shape index (κ2) is 8.27. The van der Waals surface area contributed by atoms with Crippen molar-refractivity contribution in [1.82, 2.24) is 5.32 Å². The number of methoxy groups -OCH3 is 1. The number of carbonyl (C=O) groups is 1. The Morgan fingerprint density at radius 1 is 1.40 bits per heavy atom. The fourth-order valence-corrected chi connectivity index (χ4v) is 2.75. The maximum atomic E-state index is 12.0. The van der Waals surface area contributed by atoms with Gasteiger partial charge in [0.05, 0.1) is 5.69 Å². The molecule has 0 saturated carbocycles. The number of benzene rings is 1. The molecule has 0 aliphatic carbocycles. The number of ether oxygens (including phenoxy) is 1. The highest BCUT2D eigenvalue weighted by Gasteiger charge is 2.14. The van der Waals surface area contributed by atoms with Gasteiger partial charge in [-0.25, -0.2) is 0 Å². The summed E-state index contributed by atoms with van der Waals surface area (Å²) in [6.07, 6.45) is 0.822. The molecule has 0 aliphatic heterocycles. The lowest BCUT2D eigenvalue weighted by Gasteiger charge is -2.18. The molecular weight excluding hydrogens is 320 g/mol. The monoisotopic (exact) mass is 342 g/mol. The van der Waals surface area contributed by atoms with E-state index in [0.717, 1.165) is 22.1 Å². The molecule has 20 heavy (non-hydrogen) atoms. The topological polar surface area (TPSA) is 50.4 Å². The van der Waals surface area contributed by atoms with E-state index in [1.165, 1.54) is 5.56 Å². The zero-order valence-electron chi connectivity index (χ0n) is 12.5. The number of rotatable bonds is 7. The number of halogens is 1. The lowest BCUT2D eigenvalue weighted by Crippen LogP contribution is -2.38. The highest BCUT2D eigenvalue weighted by Crippen LogP contribution is 2.28. The van der Waals surface area contributed by atoms with E-state index in [4.69, 9.17) is 4.74 Å². The van der Waals surface area contributed by atoms with Crippen LogP contribution in [-0.2, 0) is 9.53 Å². The summed E-state index contributed by atoms with van der Waals surface area (Å²) in [5, 5.41) is 6.15. The Bertz CT molecular complexity index is 440. The van der Waals surface area contributed by atoms with Crippen LogP contribution in [0, 0.1) is 13.8 Å². The molecule has 0 aliphatic rings. The standard InChI is InChI=1S/C15H23BrN2O2/c1-10-8-11(2)14(13(16)9-10)18-12(3)15(19)17-6-5-7-20-4/h8-9,12,18H,5-7H2,1-4H3,(H,17,19). The molecule has 1 atom stereocenters. The van der Waals surface area contributed by atoms with Gasteiger partial charge >= 0.3 is 0 Å². The molecule has 0 heterocycles. The van der Waals surface area contributed by atoms with Crippen molar-refractivity contribution in [2.75, 3.05) is 25.6 Å². The van der Waals surface area contributed by atoms with Crippen molar-refractivity contribution in [1.29, 1.82) is 0 Å². The fraction of sp³-hybridized carbons (Fsp3) is 0.533. The number of anilines is 1. The molecule has 0 fully saturated rings. The van der Waals surface area contributed by atoms with Gasteiger partial charge in [0.15, 0.2) is 0 Å². The third-order valence-electron chi connectivity index (χ3n) is 3.01. The van der Waals surface area contributed by atoms with Gasteiger partial charge in [-0.1, -0.05) is 6.07 Å². The molecule has 0 aromatic heterocycles. The predicted molar refractivity (Wildman–Crippen MR) is 86.2 cm³/mol. The van der Waals surface area contributed by atoms with E-state index in [1.807, 2.05) is 26.8 Å². The Kier molecular flexibility index (Phi) is 7.02. The first-order chi connectivity index (χ1) is 9.45. The second-order valence-electron chi connectivity index (χ2n) is 4.94. The maximum Gasteiger partial charge on any atom is 0.242 e. The first-order valence-corrected chi connectivity index (χ1v) is 7.55. The number of hydrogen-bond acceptors (Lipinski definition) is 3. The molecule has 1 aromatic rings. The van der Waals surface area contributed by atoms with Crippen molar-refractivity contribution in [3.8, 4) is 0 Å². The van der Waals surface area contributed by atoms with E-state index in [2.05, 4.69) is 32.6 Å². The molecule has 0 saturated heterocycles. The molecule has 0 bridgehead atoms. The van der Waals surface area contributed by atoms with Crippen LogP contribution in [0.25, 0.3) is 0 Å². The van der Waals surface area contributed by atoms with Gasteiger partial charge < -0.3 is 15.4 Å². The van der Waals surface area contributed by atoms with Crippen LogP contribution >= 0.6 is 15.9 Å². The Hall–Kier alpha value is -1.07. The van der Waals surface area contributed by atoms with Gasteiger partial charge in [-0.2, -0.15) is 0 Å². The molecular formula is C15H23BrN2O2. The summed E-state index contributed by atoms with van der Waals surface area (Å²) in [5.74, 6) is -0.00650. The van der Waals surface area contributed by atoms with Gasteiger partial charge in [0.1, 0.15) is 6.04 Å². The highest BCUT2D eigenvalue weighted by molar-refractivity contribution is 9.10. The van der Waals surface area contributed by atoms with Crippen molar-refractivity contribution < 1.29 is 9.53 Å². The van der Waals surface area contributed by atoms with E-state index in [-0.39, 0.29) is 11.9 Å². The lowest BCUT2D eigenvalue weighted by atomic mass is 10.1. The Balaban J connectivity index is 2.57. The first kappa shape index (κ1) is 17.0. The third kappa shape index (κ3) is 5.13. The van der Waals surface area contributed by atoms with Crippen LogP contribution in [0.2, 0.25) is 0 Å². The van der Waals surface area contributed by atoms with Gasteiger partial charge in [-0.3, -0.25) is 4.79 Å². The zero-order valence-corrected chi connectivity index (χ0v) is 14.1. The number of hydrogen-bond donors (Lipinski definition) is 2. The highest BCUT2D eigenvalue weighted by atomic mass is 79.9. The number of carbonyl (C=O) groups excluding carboxylic acids is 1. The van der Waals surface area contributed by atoms with Crippen LogP contribution in [-0.4, -0.2) is 32.2 Å². The summed E-state index contributed by atoms with van der Waals surface area (Å²) < 4.78 is 5.93. The normalized spacial score (nSPS) is 12.1. The molecule has 5 heteroatoms. The summed E-state index contributed by atoms with van der Waals surface area (Å²) in [6, 6.07) is 3.85. The quantitative estimate of drug-likeness (QED) is 0.749. The lowest BCUT2D eigenvalue weighted by molar-refractivity contribution is -0.121. The molecule has 2 N–H and O–H groups in total. The van der Waals surface area contributed by atoms with E-state index >= 15 is 0 Å². The van der Waals surface area contributed by atoms with Crippen LogP contribution in [0.4, 0.5) is 5.69 Å².